The van der Waals surface area contributed by atoms with Gasteiger partial charge in [-0.2, -0.15) is 4.68 Å². The quantitative estimate of drug-likeness (QED) is 0.692. The minimum absolute atomic E-state index is 0.00325. The molecule has 0 N–H and O–H groups in total. The molecule has 0 bridgehead atoms. The highest BCUT2D eigenvalue weighted by Gasteiger charge is 2.24. The Morgan fingerprint density at radius 1 is 1.04 bits per heavy atom. The van der Waals surface area contributed by atoms with E-state index in [0.29, 0.717) is 24.3 Å². The standard InChI is InChI=1S/C19H19ClN6O/c20-16-5-3-4-15(12-16)13-24-8-10-25(11-9-24)19(27)17-6-1-2-7-18(17)26-14-21-22-23-26/h1-7,12,14H,8-11,13H2. The van der Waals surface area contributed by atoms with E-state index in [2.05, 4.69) is 26.5 Å². The van der Waals surface area contributed by atoms with E-state index in [-0.39, 0.29) is 5.91 Å². The van der Waals surface area contributed by atoms with Crippen LogP contribution in [0.15, 0.2) is 54.9 Å². The van der Waals surface area contributed by atoms with Gasteiger partial charge in [-0.15, -0.1) is 5.10 Å². The summed E-state index contributed by atoms with van der Waals surface area (Å²) in [6.07, 6.45) is 1.50. The summed E-state index contributed by atoms with van der Waals surface area (Å²) in [5.74, 6) is 0.00325. The van der Waals surface area contributed by atoms with Gasteiger partial charge in [0.1, 0.15) is 6.33 Å². The first kappa shape index (κ1) is 17.6. The lowest BCUT2D eigenvalue weighted by atomic mass is 10.1. The van der Waals surface area contributed by atoms with Crippen LogP contribution in [-0.4, -0.2) is 62.1 Å². The zero-order valence-corrected chi connectivity index (χ0v) is 15.5. The van der Waals surface area contributed by atoms with Gasteiger partial charge in [-0.25, -0.2) is 0 Å². The third-order valence-electron chi connectivity index (χ3n) is 4.69. The first-order chi connectivity index (χ1) is 13.2. The molecule has 138 valence electrons. The van der Waals surface area contributed by atoms with Crippen LogP contribution < -0.4 is 0 Å². The number of carbonyl (C=O) groups excluding carboxylic acids is 1. The molecule has 1 aliphatic heterocycles. The van der Waals surface area contributed by atoms with Crippen molar-refractivity contribution in [2.75, 3.05) is 26.2 Å². The number of carbonyl (C=O) groups is 1. The second kappa shape index (κ2) is 7.85. The fourth-order valence-electron chi connectivity index (χ4n) is 3.30. The highest BCUT2D eigenvalue weighted by molar-refractivity contribution is 6.30. The Morgan fingerprint density at radius 2 is 1.85 bits per heavy atom. The van der Waals surface area contributed by atoms with Gasteiger partial charge in [0.05, 0.1) is 11.3 Å². The van der Waals surface area contributed by atoms with Crippen LogP contribution in [0.4, 0.5) is 0 Å². The normalized spacial score (nSPS) is 15.1. The smallest absolute Gasteiger partial charge is 0.256 e. The zero-order valence-electron chi connectivity index (χ0n) is 14.7. The van der Waals surface area contributed by atoms with Crippen LogP contribution in [0.25, 0.3) is 5.69 Å². The van der Waals surface area contributed by atoms with E-state index in [0.717, 1.165) is 24.7 Å². The number of piperazine rings is 1. The van der Waals surface area contributed by atoms with Crippen molar-refractivity contribution in [1.29, 1.82) is 0 Å². The predicted molar refractivity (Wildman–Crippen MR) is 102 cm³/mol. The second-order valence-corrected chi connectivity index (χ2v) is 6.91. The van der Waals surface area contributed by atoms with E-state index in [1.807, 2.05) is 47.4 Å². The summed E-state index contributed by atoms with van der Waals surface area (Å²) < 4.78 is 1.52. The number of hydrogen-bond donors (Lipinski definition) is 0. The van der Waals surface area contributed by atoms with E-state index in [9.17, 15) is 4.79 Å². The van der Waals surface area contributed by atoms with Gasteiger partial charge in [-0.1, -0.05) is 35.9 Å². The lowest BCUT2D eigenvalue weighted by molar-refractivity contribution is 0.0628. The molecule has 0 radical (unpaired) electrons. The average Bonchev–Trinajstić information content (AvgIpc) is 3.23. The van der Waals surface area contributed by atoms with Crippen molar-refractivity contribution >= 4 is 17.5 Å². The maximum Gasteiger partial charge on any atom is 0.256 e. The van der Waals surface area contributed by atoms with Crippen LogP contribution in [0.1, 0.15) is 15.9 Å². The van der Waals surface area contributed by atoms with E-state index < -0.39 is 0 Å². The average molecular weight is 383 g/mol. The van der Waals surface area contributed by atoms with Crippen molar-refractivity contribution in [1.82, 2.24) is 30.0 Å². The van der Waals surface area contributed by atoms with Crippen LogP contribution in [0.5, 0.6) is 0 Å². The van der Waals surface area contributed by atoms with Crippen LogP contribution >= 0.6 is 11.6 Å². The van der Waals surface area contributed by atoms with Crippen LogP contribution in [0, 0.1) is 0 Å². The first-order valence-electron chi connectivity index (χ1n) is 8.79. The molecule has 4 rings (SSSR count). The maximum atomic E-state index is 13.0. The zero-order chi connectivity index (χ0) is 18.6. The highest BCUT2D eigenvalue weighted by Crippen LogP contribution is 2.18. The Labute approximate surface area is 162 Å². The molecule has 1 amide bonds. The van der Waals surface area contributed by atoms with E-state index in [4.69, 9.17) is 11.6 Å². The van der Waals surface area contributed by atoms with Gasteiger partial charge in [0.25, 0.3) is 5.91 Å². The van der Waals surface area contributed by atoms with Crippen molar-refractivity contribution in [3.63, 3.8) is 0 Å². The lowest BCUT2D eigenvalue weighted by Crippen LogP contribution is -2.48. The van der Waals surface area contributed by atoms with Crippen molar-refractivity contribution < 1.29 is 4.79 Å². The molecule has 27 heavy (non-hydrogen) atoms. The number of rotatable bonds is 4. The molecular weight excluding hydrogens is 364 g/mol. The van der Waals surface area contributed by atoms with Gasteiger partial charge in [-0.3, -0.25) is 9.69 Å². The minimum Gasteiger partial charge on any atom is -0.336 e. The lowest BCUT2D eigenvalue weighted by Gasteiger charge is -2.35. The third kappa shape index (κ3) is 3.99. The number of amides is 1. The Hall–Kier alpha value is -2.77. The number of halogens is 1. The number of benzene rings is 2. The third-order valence-corrected chi connectivity index (χ3v) is 4.92. The molecule has 1 aromatic heterocycles. The minimum atomic E-state index is 0.00325. The van der Waals surface area contributed by atoms with Gasteiger partial charge in [-0.05, 0) is 40.3 Å². The van der Waals surface area contributed by atoms with Crippen molar-refractivity contribution in [3.8, 4) is 5.69 Å². The fraction of sp³-hybridized carbons (Fsp3) is 0.263. The molecule has 8 heteroatoms. The summed E-state index contributed by atoms with van der Waals surface area (Å²) in [5.41, 5.74) is 2.48. The monoisotopic (exact) mass is 382 g/mol. The van der Waals surface area contributed by atoms with Crippen molar-refractivity contribution in [3.05, 3.63) is 71.0 Å². The second-order valence-electron chi connectivity index (χ2n) is 6.47. The van der Waals surface area contributed by atoms with Crippen LogP contribution in [0.3, 0.4) is 0 Å². The molecule has 0 spiro atoms. The summed E-state index contributed by atoms with van der Waals surface area (Å²) in [7, 11) is 0. The Kier molecular flexibility index (Phi) is 5.13. The molecule has 1 fully saturated rings. The molecule has 1 aliphatic rings. The summed E-state index contributed by atoms with van der Waals surface area (Å²) in [4.78, 5) is 17.3. The van der Waals surface area contributed by atoms with Gasteiger partial charge in [0, 0.05) is 37.7 Å². The van der Waals surface area contributed by atoms with Gasteiger partial charge >= 0.3 is 0 Å². The first-order valence-corrected chi connectivity index (χ1v) is 9.17. The van der Waals surface area contributed by atoms with E-state index in [1.165, 1.54) is 16.6 Å². The summed E-state index contributed by atoms with van der Waals surface area (Å²) in [6, 6.07) is 15.3. The SMILES string of the molecule is O=C(c1ccccc1-n1cnnn1)N1CCN(Cc2cccc(Cl)c2)CC1. The van der Waals surface area contributed by atoms with Gasteiger partial charge in [0.15, 0.2) is 0 Å². The van der Waals surface area contributed by atoms with E-state index >= 15 is 0 Å². The molecule has 2 heterocycles. The van der Waals surface area contributed by atoms with Crippen LogP contribution in [0.2, 0.25) is 5.02 Å². The molecule has 3 aromatic rings. The summed E-state index contributed by atoms with van der Waals surface area (Å²) >= 11 is 6.06. The number of tetrazole rings is 1. The Balaban J connectivity index is 1.42. The molecule has 7 nitrogen and oxygen atoms in total. The molecule has 0 saturated carbocycles. The topological polar surface area (TPSA) is 67.2 Å². The van der Waals surface area contributed by atoms with E-state index in [1.54, 1.807) is 0 Å². The fourth-order valence-corrected chi connectivity index (χ4v) is 3.51. The van der Waals surface area contributed by atoms with Gasteiger partial charge < -0.3 is 4.90 Å². The van der Waals surface area contributed by atoms with Crippen molar-refractivity contribution in [2.24, 2.45) is 0 Å². The van der Waals surface area contributed by atoms with Crippen LogP contribution in [-0.2, 0) is 6.54 Å². The summed E-state index contributed by atoms with van der Waals surface area (Å²) in [5, 5.41) is 12.0. The predicted octanol–water partition coefficient (Wildman–Crippen LogP) is 2.27. The number of hydrogen-bond acceptors (Lipinski definition) is 5. The molecule has 0 aliphatic carbocycles. The Morgan fingerprint density at radius 3 is 2.59 bits per heavy atom. The number of nitrogens with zero attached hydrogens (tertiary/aromatic N) is 6. The molecule has 0 unspecified atom stereocenters. The summed E-state index contributed by atoms with van der Waals surface area (Å²) in [6.45, 7) is 3.85. The van der Waals surface area contributed by atoms with Gasteiger partial charge in [0.2, 0.25) is 0 Å². The highest BCUT2D eigenvalue weighted by atomic mass is 35.5. The maximum absolute atomic E-state index is 13.0. The molecule has 2 aromatic carbocycles. The molecule has 1 saturated heterocycles. The largest absolute Gasteiger partial charge is 0.336 e. The molecular formula is C19H19ClN6O. The molecule has 0 atom stereocenters. The number of aromatic nitrogens is 4. The Bertz CT molecular complexity index is 921. The van der Waals surface area contributed by atoms with Crippen molar-refractivity contribution in [2.45, 2.75) is 6.54 Å². The number of para-hydroxylation sites is 1.